The van der Waals surface area contributed by atoms with E-state index in [1.54, 1.807) is 17.1 Å². The molecule has 4 aromatic rings. The Morgan fingerprint density at radius 1 is 0.778 bits per heavy atom. The van der Waals surface area contributed by atoms with Crippen molar-refractivity contribution in [1.29, 1.82) is 0 Å². The van der Waals surface area contributed by atoms with Gasteiger partial charge in [0.05, 0.1) is 12.1 Å². The minimum absolute atomic E-state index is 0.00645. The van der Waals surface area contributed by atoms with Crippen LogP contribution in [0.25, 0.3) is 11.1 Å². The average Bonchev–Trinajstić information content (AvgIpc) is 3.08. The lowest BCUT2D eigenvalue weighted by molar-refractivity contribution is -0.121. The fourth-order valence-electron chi connectivity index (χ4n) is 5.52. The molecule has 0 aromatic heterocycles. The summed E-state index contributed by atoms with van der Waals surface area (Å²) < 4.78 is 5.70. The molecule has 1 fully saturated rings. The lowest BCUT2D eigenvalue weighted by Gasteiger charge is -2.37. The third kappa shape index (κ3) is 9.41. The second-order valence-corrected chi connectivity index (χ2v) is 11.3. The van der Waals surface area contributed by atoms with Gasteiger partial charge in [-0.05, 0) is 66.3 Å². The van der Waals surface area contributed by atoms with E-state index < -0.39 is 6.09 Å². The summed E-state index contributed by atoms with van der Waals surface area (Å²) in [6.45, 7) is 3.47. The van der Waals surface area contributed by atoms with Crippen LogP contribution in [0.15, 0.2) is 103 Å². The fourth-order valence-corrected chi connectivity index (χ4v) is 5.52. The van der Waals surface area contributed by atoms with E-state index in [1.807, 2.05) is 78.9 Å². The van der Waals surface area contributed by atoms with Crippen LogP contribution in [0.1, 0.15) is 42.4 Å². The number of ether oxygens (including phenoxy) is 1. The fraction of sp³-hybridized carbons (Fsp3) is 0.297. The summed E-state index contributed by atoms with van der Waals surface area (Å²) in [6, 6.07) is 33.3. The summed E-state index contributed by atoms with van der Waals surface area (Å²) in [5.41, 5.74) is 6.06. The topological polar surface area (TPSA) is 94.1 Å². The van der Waals surface area contributed by atoms with Crippen molar-refractivity contribution in [2.75, 3.05) is 31.3 Å². The SMILES string of the molecule is O=C(CCOC(=O)N(c1ccccc1-c1ccccc1)N1CCCCC1)NCc1cccc(CNCCc2ccc(O)cc2)c1. The normalized spacial score (nSPS) is 13.2. The Kier molecular flexibility index (Phi) is 11.6. The predicted molar refractivity (Wildman–Crippen MR) is 178 cm³/mol. The molecule has 1 heterocycles. The Balaban J connectivity index is 1.10. The first-order valence-corrected chi connectivity index (χ1v) is 15.8. The molecule has 1 aliphatic rings. The van der Waals surface area contributed by atoms with Gasteiger partial charge in [-0.3, -0.25) is 4.79 Å². The largest absolute Gasteiger partial charge is 0.508 e. The molecular weight excluding hydrogens is 564 g/mol. The Hall–Kier alpha value is -4.66. The van der Waals surface area contributed by atoms with E-state index in [9.17, 15) is 14.7 Å². The van der Waals surface area contributed by atoms with Crippen LogP contribution in [0.3, 0.4) is 0 Å². The molecule has 4 aromatic carbocycles. The van der Waals surface area contributed by atoms with E-state index in [-0.39, 0.29) is 24.7 Å². The Morgan fingerprint density at radius 2 is 1.49 bits per heavy atom. The highest BCUT2D eigenvalue weighted by atomic mass is 16.6. The van der Waals surface area contributed by atoms with Gasteiger partial charge in [0.15, 0.2) is 0 Å². The number of piperidine rings is 1. The van der Waals surface area contributed by atoms with Crippen LogP contribution in [0, 0.1) is 0 Å². The Bertz CT molecular complexity index is 1520. The number of para-hydroxylation sites is 1. The highest BCUT2D eigenvalue weighted by Gasteiger charge is 2.28. The minimum Gasteiger partial charge on any atom is -0.508 e. The van der Waals surface area contributed by atoms with Gasteiger partial charge in [-0.15, -0.1) is 0 Å². The van der Waals surface area contributed by atoms with Gasteiger partial charge in [0, 0.05) is 31.7 Å². The standard InChI is InChI=1S/C37H42N4O4/c42-33-18-16-29(17-19-33)20-22-38-27-30-10-9-11-31(26-30)28-39-36(43)21-25-45-37(44)41(40-23-7-2-8-24-40)35-15-6-5-14-34(35)32-12-3-1-4-13-32/h1,3-6,9-19,26,38,42H,2,7-8,20-25,27-28H2,(H,39,43). The number of rotatable bonds is 13. The molecule has 45 heavy (non-hydrogen) atoms. The summed E-state index contributed by atoms with van der Waals surface area (Å²) >= 11 is 0. The first-order chi connectivity index (χ1) is 22.1. The van der Waals surface area contributed by atoms with Crippen LogP contribution in [-0.4, -0.2) is 48.4 Å². The molecular formula is C37H42N4O4. The number of hydrazine groups is 1. The number of carbonyl (C=O) groups excluding carboxylic acids is 2. The van der Waals surface area contributed by atoms with Gasteiger partial charge < -0.3 is 20.5 Å². The van der Waals surface area contributed by atoms with E-state index in [1.165, 1.54) is 5.56 Å². The molecule has 0 bridgehead atoms. The first kappa shape index (κ1) is 31.8. The number of aromatic hydroxyl groups is 1. The zero-order valence-electron chi connectivity index (χ0n) is 25.7. The van der Waals surface area contributed by atoms with Crippen LogP contribution >= 0.6 is 0 Å². The van der Waals surface area contributed by atoms with E-state index in [0.717, 1.165) is 79.8 Å². The smallest absolute Gasteiger partial charge is 0.429 e. The van der Waals surface area contributed by atoms with Gasteiger partial charge in [0.2, 0.25) is 5.91 Å². The van der Waals surface area contributed by atoms with Crippen molar-refractivity contribution in [3.63, 3.8) is 0 Å². The van der Waals surface area contributed by atoms with Crippen molar-refractivity contribution in [2.45, 2.75) is 45.2 Å². The van der Waals surface area contributed by atoms with Gasteiger partial charge in [-0.25, -0.2) is 14.8 Å². The molecule has 5 rings (SSSR count). The molecule has 3 N–H and O–H groups in total. The van der Waals surface area contributed by atoms with Crippen LogP contribution in [0.4, 0.5) is 10.5 Å². The predicted octanol–water partition coefficient (Wildman–Crippen LogP) is 6.44. The molecule has 0 atom stereocenters. The maximum absolute atomic E-state index is 13.5. The van der Waals surface area contributed by atoms with Crippen LogP contribution in [0.5, 0.6) is 5.75 Å². The summed E-state index contributed by atoms with van der Waals surface area (Å²) in [5.74, 6) is 0.103. The molecule has 8 nitrogen and oxygen atoms in total. The highest BCUT2D eigenvalue weighted by Crippen LogP contribution is 2.33. The van der Waals surface area contributed by atoms with E-state index in [2.05, 4.69) is 27.8 Å². The number of carbonyl (C=O) groups is 2. The molecule has 1 aliphatic heterocycles. The van der Waals surface area contributed by atoms with E-state index >= 15 is 0 Å². The van der Waals surface area contributed by atoms with Gasteiger partial charge in [-0.1, -0.05) is 91.3 Å². The molecule has 0 saturated carbocycles. The molecule has 1 saturated heterocycles. The molecule has 8 heteroatoms. The summed E-state index contributed by atoms with van der Waals surface area (Å²) in [7, 11) is 0. The lowest BCUT2D eigenvalue weighted by Crippen LogP contribution is -2.49. The first-order valence-electron chi connectivity index (χ1n) is 15.8. The molecule has 0 unspecified atom stereocenters. The van der Waals surface area contributed by atoms with Crippen molar-refractivity contribution in [3.05, 3.63) is 120 Å². The number of phenolic OH excluding ortho intramolecular Hbond substituents is 1. The number of benzene rings is 4. The maximum atomic E-state index is 13.5. The van der Waals surface area contributed by atoms with Crippen LogP contribution in [-0.2, 0) is 29.0 Å². The quantitative estimate of drug-likeness (QED) is 0.152. The molecule has 0 aliphatic carbocycles. The van der Waals surface area contributed by atoms with Gasteiger partial charge in [-0.2, -0.15) is 0 Å². The lowest BCUT2D eigenvalue weighted by atomic mass is 10.0. The second-order valence-electron chi connectivity index (χ2n) is 11.3. The zero-order valence-corrected chi connectivity index (χ0v) is 25.7. The van der Waals surface area contributed by atoms with Crippen LogP contribution in [0.2, 0.25) is 0 Å². The minimum atomic E-state index is -0.473. The number of hydrogen-bond acceptors (Lipinski definition) is 6. The number of hydrogen-bond donors (Lipinski definition) is 3. The average molecular weight is 607 g/mol. The molecule has 234 valence electrons. The molecule has 0 spiro atoms. The highest BCUT2D eigenvalue weighted by molar-refractivity contribution is 5.93. The molecule has 2 amide bonds. The summed E-state index contributed by atoms with van der Waals surface area (Å²) in [6.07, 6.45) is 3.64. The van der Waals surface area contributed by atoms with Crippen molar-refractivity contribution in [1.82, 2.24) is 15.6 Å². The van der Waals surface area contributed by atoms with Gasteiger partial charge in [0.25, 0.3) is 0 Å². The van der Waals surface area contributed by atoms with Gasteiger partial charge >= 0.3 is 6.09 Å². The maximum Gasteiger partial charge on any atom is 0.429 e. The molecule has 0 radical (unpaired) electrons. The third-order valence-corrected chi connectivity index (χ3v) is 7.90. The summed E-state index contributed by atoms with van der Waals surface area (Å²) in [4.78, 5) is 26.2. The number of anilines is 1. The Labute approximate surface area is 265 Å². The third-order valence-electron chi connectivity index (χ3n) is 7.90. The monoisotopic (exact) mass is 606 g/mol. The van der Waals surface area contributed by atoms with Crippen molar-refractivity contribution < 1.29 is 19.4 Å². The van der Waals surface area contributed by atoms with Crippen molar-refractivity contribution >= 4 is 17.7 Å². The van der Waals surface area contributed by atoms with Crippen molar-refractivity contribution in [3.8, 4) is 16.9 Å². The second kappa shape index (κ2) is 16.4. The number of nitrogens with zero attached hydrogens (tertiary/aromatic N) is 2. The number of amides is 2. The van der Waals surface area contributed by atoms with Gasteiger partial charge in [0.1, 0.15) is 12.4 Å². The summed E-state index contributed by atoms with van der Waals surface area (Å²) in [5, 5.41) is 19.5. The number of nitrogens with one attached hydrogen (secondary N) is 2. The zero-order chi connectivity index (χ0) is 31.3. The number of phenols is 1. The van der Waals surface area contributed by atoms with Crippen molar-refractivity contribution in [2.24, 2.45) is 0 Å². The Morgan fingerprint density at radius 3 is 2.27 bits per heavy atom. The van der Waals surface area contributed by atoms with E-state index in [0.29, 0.717) is 6.54 Å². The van der Waals surface area contributed by atoms with E-state index in [4.69, 9.17) is 4.74 Å². The van der Waals surface area contributed by atoms with Crippen LogP contribution < -0.4 is 15.6 Å².